The second-order valence-corrected chi connectivity index (χ2v) is 8.93. The number of aryl methyl sites for hydroxylation is 1. The molecule has 0 spiro atoms. The van der Waals surface area contributed by atoms with Gasteiger partial charge in [0.15, 0.2) is 17.1 Å². The van der Waals surface area contributed by atoms with Gasteiger partial charge in [0, 0.05) is 17.7 Å². The molecule has 1 aliphatic heterocycles. The number of carbonyl (C=O) groups excluding carboxylic acids is 1. The first-order valence-corrected chi connectivity index (χ1v) is 10.3. The van der Waals surface area contributed by atoms with E-state index in [9.17, 15) is 4.79 Å². The van der Waals surface area contributed by atoms with E-state index in [-0.39, 0.29) is 5.54 Å². The summed E-state index contributed by atoms with van der Waals surface area (Å²) >= 11 is 0. The van der Waals surface area contributed by atoms with Gasteiger partial charge < -0.3 is 14.2 Å². The summed E-state index contributed by atoms with van der Waals surface area (Å²) in [4.78, 5) is 18.1. The van der Waals surface area contributed by atoms with E-state index in [0.29, 0.717) is 41.9 Å². The first kappa shape index (κ1) is 18.9. The number of carbonyl (C=O) groups is 1. The van der Waals surface area contributed by atoms with Crippen LogP contribution in [0, 0.1) is 6.92 Å². The van der Waals surface area contributed by atoms with Gasteiger partial charge in [-0.1, -0.05) is 0 Å². The van der Waals surface area contributed by atoms with Crippen molar-refractivity contribution >= 4 is 17.0 Å². The Morgan fingerprint density at radius 1 is 1.13 bits per heavy atom. The minimum atomic E-state index is -0.419. The molecule has 7 heteroatoms. The lowest BCUT2D eigenvalue weighted by Gasteiger charge is -2.20. The van der Waals surface area contributed by atoms with E-state index >= 15 is 0 Å². The fraction of sp³-hybridized carbons (Fsp3) is 0.435. The van der Waals surface area contributed by atoms with Gasteiger partial charge in [-0.2, -0.15) is 5.10 Å². The minimum Gasteiger partial charge on any atom is -0.486 e. The van der Waals surface area contributed by atoms with E-state index in [1.54, 1.807) is 18.2 Å². The zero-order chi connectivity index (χ0) is 21.0. The highest BCUT2D eigenvalue weighted by Gasteiger charge is 2.31. The number of aromatic nitrogens is 3. The zero-order valence-electron chi connectivity index (χ0n) is 17.7. The molecule has 0 unspecified atom stereocenters. The molecular formula is C23H25N3O4. The Kier molecular flexibility index (Phi) is 4.24. The van der Waals surface area contributed by atoms with E-state index in [1.807, 2.05) is 17.7 Å². The third-order valence-corrected chi connectivity index (χ3v) is 5.41. The van der Waals surface area contributed by atoms with Crippen LogP contribution in [0.25, 0.3) is 11.0 Å². The number of nitrogens with zero attached hydrogens (tertiary/aromatic N) is 3. The van der Waals surface area contributed by atoms with Crippen molar-refractivity contribution < 1.29 is 19.0 Å². The summed E-state index contributed by atoms with van der Waals surface area (Å²) in [7, 11) is 0. The molecule has 1 saturated carbocycles. The third-order valence-electron chi connectivity index (χ3n) is 5.41. The second-order valence-electron chi connectivity index (χ2n) is 8.93. The zero-order valence-corrected chi connectivity index (χ0v) is 17.7. The summed E-state index contributed by atoms with van der Waals surface area (Å²) in [5, 5.41) is 5.45. The fourth-order valence-corrected chi connectivity index (χ4v) is 3.77. The normalized spacial score (nSPS) is 16.0. The molecule has 0 atom stereocenters. The van der Waals surface area contributed by atoms with E-state index in [4.69, 9.17) is 24.3 Å². The van der Waals surface area contributed by atoms with Crippen molar-refractivity contribution in [2.75, 3.05) is 13.2 Å². The molecule has 2 aliphatic rings. The maximum absolute atomic E-state index is 13.2. The Labute approximate surface area is 175 Å². The summed E-state index contributed by atoms with van der Waals surface area (Å²) in [6.45, 7) is 9.14. The molecule has 2 aromatic heterocycles. The summed E-state index contributed by atoms with van der Waals surface area (Å²) in [5.74, 6) is 1.65. The van der Waals surface area contributed by atoms with Crippen LogP contribution < -0.4 is 14.2 Å². The monoisotopic (exact) mass is 407 g/mol. The van der Waals surface area contributed by atoms with Crippen molar-refractivity contribution in [1.82, 2.24) is 14.8 Å². The molecule has 3 aromatic rings. The summed E-state index contributed by atoms with van der Waals surface area (Å²) in [5.41, 5.74) is 2.69. The van der Waals surface area contributed by atoms with Crippen molar-refractivity contribution in [3.05, 3.63) is 41.2 Å². The number of benzene rings is 1. The second kappa shape index (κ2) is 6.72. The SMILES string of the molecule is Cc1nn(C(C)(C)C)c2nc(C3CC3)cc(C(=O)Oc3ccc4c(c3)OCCO4)c12. The van der Waals surface area contributed by atoms with Gasteiger partial charge in [0.05, 0.1) is 22.2 Å². The molecule has 5 rings (SSSR count). The van der Waals surface area contributed by atoms with Gasteiger partial charge in [0.1, 0.15) is 19.0 Å². The van der Waals surface area contributed by atoms with E-state index in [1.165, 1.54) is 0 Å². The number of esters is 1. The molecule has 1 aliphatic carbocycles. The first-order chi connectivity index (χ1) is 14.3. The van der Waals surface area contributed by atoms with Crippen LogP contribution in [0.4, 0.5) is 0 Å². The molecule has 1 aromatic carbocycles. The highest BCUT2D eigenvalue weighted by molar-refractivity contribution is 6.04. The van der Waals surface area contributed by atoms with Crippen molar-refractivity contribution in [3.63, 3.8) is 0 Å². The molecule has 0 N–H and O–H groups in total. The molecule has 0 radical (unpaired) electrons. The number of ether oxygens (including phenoxy) is 3. The van der Waals surface area contributed by atoms with Gasteiger partial charge in [-0.3, -0.25) is 0 Å². The van der Waals surface area contributed by atoms with Crippen LogP contribution in [0.2, 0.25) is 0 Å². The van der Waals surface area contributed by atoms with Gasteiger partial charge in [-0.05, 0) is 58.7 Å². The predicted octanol–water partition coefficient (Wildman–Crippen LogP) is 4.36. The van der Waals surface area contributed by atoms with Crippen LogP contribution in [0.15, 0.2) is 24.3 Å². The van der Waals surface area contributed by atoms with Gasteiger partial charge in [0.2, 0.25) is 0 Å². The Hall–Kier alpha value is -3.09. The lowest BCUT2D eigenvalue weighted by atomic mass is 10.1. The van der Waals surface area contributed by atoms with Gasteiger partial charge in [-0.25, -0.2) is 14.5 Å². The Balaban J connectivity index is 1.57. The highest BCUT2D eigenvalue weighted by Crippen LogP contribution is 2.41. The average Bonchev–Trinajstić information content (AvgIpc) is 3.50. The number of hydrogen-bond donors (Lipinski definition) is 0. The Morgan fingerprint density at radius 3 is 2.57 bits per heavy atom. The minimum absolute atomic E-state index is 0.251. The maximum Gasteiger partial charge on any atom is 0.344 e. The third kappa shape index (κ3) is 3.28. The van der Waals surface area contributed by atoms with Gasteiger partial charge in [-0.15, -0.1) is 0 Å². The van der Waals surface area contributed by atoms with Crippen molar-refractivity contribution in [2.24, 2.45) is 0 Å². The van der Waals surface area contributed by atoms with E-state index in [2.05, 4.69) is 20.8 Å². The maximum atomic E-state index is 13.2. The molecule has 0 amide bonds. The van der Waals surface area contributed by atoms with E-state index < -0.39 is 5.97 Å². The molecule has 3 heterocycles. The first-order valence-electron chi connectivity index (χ1n) is 10.3. The van der Waals surface area contributed by atoms with Crippen LogP contribution in [0.3, 0.4) is 0 Å². The average molecular weight is 407 g/mol. The standard InChI is InChI=1S/C23H25N3O4/c1-13-20-16(22(27)30-15-7-8-18-19(11-15)29-10-9-28-18)12-17(14-5-6-14)24-21(20)26(25-13)23(2,3)4/h7-8,11-12,14H,5-6,9-10H2,1-4H3. The van der Waals surface area contributed by atoms with Crippen LogP contribution in [0.5, 0.6) is 17.2 Å². The summed E-state index contributed by atoms with van der Waals surface area (Å²) in [6.07, 6.45) is 2.19. The quantitative estimate of drug-likeness (QED) is 0.474. The highest BCUT2D eigenvalue weighted by atomic mass is 16.6. The van der Waals surface area contributed by atoms with Crippen LogP contribution >= 0.6 is 0 Å². The van der Waals surface area contributed by atoms with Gasteiger partial charge in [0.25, 0.3) is 0 Å². The molecule has 30 heavy (non-hydrogen) atoms. The Morgan fingerprint density at radius 2 is 1.87 bits per heavy atom. The molecule has 0 saturated heterocycles. The number of pyridine rings is 1. The smallest absolute Gasteiger partial charge is 0.344 e. The van der Waals surface area contributed by atoms with Crippen molar-refractivity contribution in [2.45, 2.75) is 52.0 Å². The number of rotatable bonds is 3. The Bertz CT molecular complexity index is 1160. The van der Waals surface area contributed by atoms with E-state index in [0.717, 1.165) is 35.3 Å². The summed E-state index contributed by atoms with van der Waals surface area (Å²) in [6, 6.07) is 7.05. The topological polar surface area (TPSA) is 75.5 Å². The molecular weight excluding hydrogens is 382 g/mol. The fourth-order valence-electron chi connectivity index (χ4n) is 3.77. The lowest BCUT2D eigenvalue weighted by molar-refractivity contribution is 0.0735. The molecule has 1 fully saturated rings. The number of hydrogen-bond acceptors (Lipinski definition) is 6. The largest absolute Gasteiger partial charge is 0.486 e. The number of fused-ring (bicyclic) bond motifs is 2. The molecule has 7 nitrogen and oxygen atoms in total. The van der Waals surface area contributed by atoms with Crippen molar-refractivity contribution in [3.8, 4) is 17.2 Å². The van der Waals surface area contributed by atoms with Gasteiger partial charge >= 0.3 is 5.97 Å². The lowest BCUT2D eigenvalue weighted by Crippen LogP contribution is -2.23. The van der Waals surface area contributed by atoms with Crippen molar-refractivity contribution in [1.29, 1.82) is 0 Å². The molecule has 156 valence electrons. The summed E-state index contributed by atoms with van der Waals surface area (Å²) < 4.78 is 18.8. The van der Waals surface area contributed by atoms with Crippen LogP contribution in [-0.2, 0) is 5.54 Å². The molecule has 0 bridgehead atoms. The predicted molar refractivity (Wildman–Crippen MR) is 112 cm³/mol. The van der Waals surface area contributed by atoms with Crippen LogP contribution in [0.1, 0.15) is 61.3 Å². The van der Waals surface area contributed by atoms with Crippen LogP contribution in [-0.4, -0.2) is 33.9 Å².